The van der Waals surface area contributed by atoms with E-state index in [4.69, 9.17) is 21.6 Å². The molecule has 1 aliphatic heterocycles. The highest BCUT2D eigenvalue weighted by atomic mass is 35.5. The zero-order chi connectivity index (χ0) is 11.6. The second-order valence-electron chi connectivity index (χ2n) is 4.11. The molecule has 0 saturated carbocycles. The first-order chi connectivity index (χ1) is 7.70. The molecule has 1 atom stereocenters. The normalized spacial score (nSPS) is 24.3. The SMILES string of the molecule is CCC1(c2cc(C#N)cc(Cl)n2)CCOC1. The van der Waals surface area contributed by atoms with Crippen molar-refractivity contribution >= 4 is 11.6 Å². The van der Waals surface area contributed by atoms with Crippen molar-refractivity contribution in [3.8, 4) is 6.07 Å². The van der Waals surface area contributed by atoms with Gasteiger partial charge in [0.05, 0.1) is 23.9 Å². The molecule has 0 bridgehead atoms. The minimum Gasteiger partial charge on any atom is -0.380 e. The highest BCUT2D eigenvalue weighted by Crippen LogP contribution is 2.36. The number of nitrogens with zero attached hydrogens (tertiary/aromatic N) is 2. The molecule has 1 aromatic heterocycles. The predicted octanol–water partition coefficient (Wildman–Crippen LogP) is 2.67. The smallest absolute Gasteiger partial charge is 0.130 e. The van der Waals surface area contributed by atoms with E-state index >= 15 is 0 Å². The van der Waals surface area contributed by atoms with Crippen LogP contribution in [0.15, 0.2) is 12.1 Å². The number of hydrogen-bond acceptors (Lipinski definition) is 3. The van der Waals surface area contributed by atoms with Crippen molar-refractivity contribution in [2.45, 2.75) is 25.2 Å². The van der Waals surface area contributed by atoms with Gasteiger partial charge in [0.15, 0.2) is 0 Å². The summed E-state index contributed by atoms with van der Waals surface area (Å²) in [5, 5.41) is 9.30. The second-order valence-corrected chi connectivity index (χ2v) is 4.50. The summed E-state index contributed by atoms with van der Waals surface area (Å²) < 4.78 is 5.45. The van der Waals surface area contributed by atoms with Gasteiger partial charge < -0.3 is 4.74 Å². The molecule has 2 rings (SSSR count). The van der Waals surface area contributed by atoms with Crippen LogP contribution in [0.3, 0.4) is 0 Å². The van der Waals surface area contributed by atoms with E-state index in [0.717, 1.165) is 25.1 Å². The molecular weight excluding hydrogens is 224 g/mol. The van der Waals surface area contributed by atoms with Crippen molar-refractivity contribution in [1.29, 1.82) is 5.26 Å². The maximum atomic E-state index is 8.92. The molecule has 0 aromatic carbocycles. The minimum atomic E-state index is -0.0590. The maximum absolute atomic E-state index is 8.92. The van der Waals surface area contributed by atoms with Gasteiger partial charge in [-0.25, -0.2) is 4.98 Å². The summed E-state index contributed by atoms with van der Waals surface area (Å²) in [7, 11) is 0. The molecule has 0 spiro atoms. The number of halogens is 1. The van der Waals surface area contributed by atoms with E-state index in [1.165, 1.54) is 0 Å². The fourth-order valence-corrected chi connectivity index (χ4v) is 2.31. The largest absolute Gasteiger partial charge is 0.380 e. The van der Waals surface area contributed by atoms with Crippen molar-refractivity contribution in [3.05, 3.63) is 28.5 Å². The third-order valence-corrected chi connectivity index (χ3v) is 3.44. The van der Waals surface area contributed by atoms with Crippen LogP contribution in [-0.4, -0.2) is 18.2 Å². The fraction of sp³-hybridized carbons (Fsp3) is 0.500. The lowest BCUT2D eigenvalue weighted by atomic mass is 9.80. The summed E-state index contributed by atoms with van der Waals surface area (Å²) >= 11 is 5.92. The van der Waals surface area contributed by atoms with E-state index < -0.39 is 0 Å². The molecule has 84 valence electrons. The Hall–Kier alpha value is -1.11. The topological polar surface area (TPSA) is 45.9 Å². The van der Waals surface area contributed by atoms with Crippen LogP contribution in [0, 0.1) is 11.3 Å². The van der Waals surface area contributed by atoms with E-state index in [2.05, 4.69) is 18.0 Å². The Balaban J connectivity index is 2.46. The Kier molecular flexibility index (Phi) is 3.13. The zero-order valence-corrected chi connectivity index (χ0v) is 9.92. The van der Waals surface area contributed by atoms with Crippen LogP contribution in [0.1, 0.15) is 31.0 Å². The maximum Gasteiger partial charge on any atom is 0.130 e. The zero-order valence-electron chi connectivity index (χ0n) is 9.16. The quantitative estimate of drug-likeness (QED) is 0.742. The summed E-state index contributed by atoms with van der Waals surface area (Å²) in [6.45, 7) is 3.54. The molecule has 1 saturated heterocycles. The van der Waals surface area contributed by atoms with E-state index in [-0.39, 0.29) is 5.41 Å². The highest BCUT2D eigenvalue weighted by Gasteiger charge is 2.36. The minimum absolute atomic E-state index is 0.0590. The molecule has 16 heavy (non-hydrogen) atoms. The van der Waals surface area contributed by atoms with Crippen molar-refractivity contribution in [1.82, 2.24) is 4.98 Å². The van der Waals surface area contributed by atoms with Crippen molar-refractivity contribution < 1.29 is 4.74 Å². The third kappa shape index (κ3) is 1.91. The summed E-state index contributed by atoms with van der Waals surface area (Å²) in [5.41, 5.74) is 1.39. The molecule has 3 nitrogen and oxygen atoms in total. The predicted molar refractivity (Wildman–Crippen MR) is 61.4 cm³/mol. The van der Waals surface area contributed by atoms with E-state index in [0.29, 0.717) is 17.3 Å². The van der Waals surface area contributed by atoms with Gasteiger partial charge in [0.25, 0.3) is 0 Å². The number of nitriles is 1. The van der Waals surface area contributed by atoms with Crippen LogP contribution in [0.25, 0.3) is 0 Å². The third-order valence-electron chi connectivity index (χ3n) is 3.25. The lowest BCUT2D eigenvalue weighted by Gasteiger charge is -2.25. The molecule has 2 heterocycles. The van der Waals surface area contributed by atoms with Crippen LogP contribution in [0.5, 0.6) is 0 Å². The monoisotopic (exact) mass is 236 g/mol. The number of rotatable bonds is 2. The van der Waals surface area contributed by atoms with Gasteiger partial charge in [0.1, 0.15) is 5.15 Å². The standard InChI is InChI=1S/C12H13ClN2O/c1-2-12(3-4-16-8-12)10-5-9(7-14)6-11(13)15-10/h5-6H,2-4,8H2,1H3. The van der Waals surface area contributed by atoms with Gasteiger partial charge >= 0.3 is 0 Å². The van der Waals surface area contributed by atoms with Crippen LogP contribution < -0.4 is 0 Å². The van der Waals surface area contributed by atoms with E-state index in [1.54, 1.807) is 6.07 Å². The molecule has 1 unspecified atom stereocenters. The van der Waals surface area contributed by atoms with Crippen LogP contribution in [0.2, 0.25) is 5.15 Å². The molecule has 0 radical (unpaired) electrons. The Morgan fingerprint density at radius 1 is 1.62 bits per heavy atom. The lowest BCUT2D eigenvalue weighted by Crippen LogP contribution is -2.27. The van der Waals surface area contributed by atoms with E-state index in [9.17, 15) is 0 Å². The fourth-order valence-electron chi connectivity index (χ4n) is 2.10. The van der Waals surface area contributed by atoms with Gasteiger partial charge in [-0.05, 0) is 25.0 Å². The average molecular weight is 237 g/mol. The Bertz CT molecular complexity index is 433. The molecular formula is C12H13ClN2O. The Morgan fingerprint density at radius 2 is 2.44 bits per heavy atom. The van der Waals surface area contributed by atoms with Crippen LogP contribution in [0.4, 0.5) is 0 Å². The molecule has 0 N–H and O–H groups in total. The first-order valence-corrected chi connectivity index (χ1v) is 5.74. The van der Waals surface area contributed by atoms with Crippen molar-refractivity contribution in [2.75, 3.05) is 13.2 Å². The van der Waals surface area contributed by atoms with Gasteiger partial charge in [0, 0.05) is 12.0 Å². The molecule has 0 aliphatic carbocycles. The van der Waals surface area contributed by atoms with Gasteiger partial charge in [-0.3, -0.25) is 0 Å². The molecule has 4 heteroatoms. The average Bonchev–Trinajstić information content (AvgIpc) is 2.78. The first-order valence-electron chi connectivity index (χ1n) is 5.36. The van der Waals surface area contributed by atoms with Crippen LogP contribution in [-0.2, 0) is 10.2 Å². The number of hydrogen-bond donors (Lipinski definition) is 0. The van der Waals surface area contributed by atoms with Gasteiger partial charge in [0.2, 0.25) is 0 Å². The summed E-state index contributed by atoms with van der Waals surface area (Å²) in [4.78, 5) is 4.34. The summed E-state index contributed by atoms with van der Waals surface area (Å²) in [6.07, 6.45) is 1.90. The molecule has 0 amide bonds. The van der Waals surface area contributed by atoms with Crippen molar-refractivity contribution in [2.24, 2.45) is 0 Å². The number of ether oxygens (including phenoxy) is 1. The van der Waals surface area contributed by atoms with Gasteiger partial charge in [-0.15, -0.1) is 0 Å². The molecule has 1 aliphatic rings. The lowest BCUT2D eigenvalue weighted by molar-refractivity contribution is 0.174. The Labute approximate surface area is 100 Å². The molecule has 1 aromatic rings. The summed E-state index contributed by atoms with van der Waals surface area (Å²) in [5.74, 6) is 0. The second kappa shape index (κ2) is 4.40. The summed E-state index contributed by atoms with van der Waals surface area (Å²) in [6, 6.07) is 5.52. The van der Waals surface area contributed by atoms with Gasteiger partial charge in [-0.2, -0.15) is 5.26 Å². The Morgan fingerprint density at radius 3 is 3.00 bits per heavy atom. The van der Waals surface area contributed by atoms with Crippen molar-refractivity contribution in [3.63, 3.8) is 0 Å². The molecule has 1 fully saturated rings. The first kappa shape index (κ1) is 11.4. The van der Waals surface area contributed by atoms with E-state index in [1.807, 2.05) is 6.07 Å². The highest BCUT2D eigenvalue weighted by molar-refractivity contribution is 6.29. The van der Waals surface area contributed by atoms with Gasteiger partial charge in [-0.1, -0.05) is 18.5 Å². The van der Waals surface area contributed by atoms with Crippen LogP contribution >= 0.6 is 11.6 Å². The number of aromatic nitrogens is 1. The number of pyridine rings is 1.